The van der Waals surface area contributed by atoms with Gasteiger partial charge in [-0.05, 0) is 18.7 Å². The van der Waals surface area contributed by atoms with Crippen LogP contribution in [0.2, 0.25) is 0 Å². The van der Waals surface area contributed by atoms with E-state index in [1.807, 2.05) is 18.2 Å². The molecule has 1 N–H and O–H groups in total. The number of hydrogen-bond acceptors (Lipinski definition) is 7. The topological polar surface area (TPSA) is 65.1 Å². The zero-order chi connectivity index (χ0) is 17.9. The van der Waals surface area contributed by atoms with Crippen LogP contribution >= 0.6 is 23.1 Å². The smallest absolute Gasteiger partial charge is 0.252 e. The van der Waals surface area contributed by atoms with Gasteiger partial charge in [-0.3, -0.25) is 9.78 Å². The second-order valence-electron chi connectivity index (χ2n) is 6.22. The number of thioether (sulfide) groups is 1. The van der Waals surface area contributed by atoms with Crippen molar-refractivity contribution in [2.45, 2.75) is 17.0 Å². The third-order valence-electron chi connectivity index (χ3n) is 4.52. The molecular formula is C18H21N5OS2. The van der Waals surface area contributed by atoms with Crippen LogP contribution < -0.4 is 10.5 Å². The Labute approximate surface area is 160 Å². The summed E-state index contributed by atoms with van der Waals surface area (Å²) in [5.41, 5.74) is 1.73. The van der Waals surface area contributed by atoms with E-state index in [4.69, 9.17) is 0 Å². The first-order valence-corrected chi connectivity index (χ1v) is 10.6. The van der Waals surface area contributed by atoms with Crippen LogP contribution in [0, 0.1) is 0 Å². The molecule has 6 nitrogen and oxygen atoms in total. The maximum atomic E-state index is 12.1. The number of para-hydroxylation sites is 1. The van der Waals surface area contributed by atoms with E-state index in [-0.39, 0.29) is 5.56 Å². The molecule has 0 atom stereocenters. The Hall–Kier alpha value is -1.90. The Kier molecular flexibility index (Phi) is 5.23. The lowest BCUT2D eigenvalue weighted by atomic mass is 10.3. The highest BCUT2D eigenvalue weighted by molar-refractivity contribution is 8.00. The fraction of sp³-hybridized carbons (Fsp3) is 0.389. The summed E-state index contributed by atoms with van der Waals surface area (Å²) < 4.78 is 2.19. The van der Waals surface area contributed by atoms with Crippen LogP contribution in [0.5, 0.6) is 0 Å². The molecule has 0 amide bonds. The Morgan fingerprint density at radius 2 is 2.00 bits per heavy atom. The number of rotatable bonds is 5. The van der Waals surface area contributed by atoms with E-state index in [9.17, 15) is 4.79 Å². The molecule has 1 aliphatic heterocycles. The molecule has 4 rings (SSSR count). The molecule has 0 spiro atoms. The fourth-order valence-corrected chi connectivity index (χ4v) is 5.00. The van der Waals surface area contributed by atoms with Gasteiger partial charge in [0, 0.05) is 38.0 Å². The van der Waals surface area contributed by atoms with Crippen LogP contribution in [0.15, 0.2) is 39.5 Å². The highest BCUT2D eigenvalue weighted by Gasteiger charge is 2.18. The van der Waals surface area contributed by atoms with Gasteiger partial charge in [-0.1, -0.05) is 30.8 Å². The number of benzene rings is 1. The van der Waals surface area contributed by atoms with Gasteiger partial charge in [-0.25, -0.2) is 9.97 Å². The lowest BCUT2D eigenvalue weighted by molar-refractivity contribution is 0.270. The summed E-state index contributed by atoms with van der Waals surface area (Å²) in [6.07, 6.45) is 0. The molecular weight excluding hydrogens is 366 g/mol. The minimum atomic E-state index is -0.0900. The maximum absolute atomic E-state index is 12.1. The number of piperazine rings is 1. The number of nitrogens with one attached hydrogen (secondary N) is 1. The van der Waals surface area contributed by atoms with Crippen molar-refractivity contribution in [1.82, 2.24) is 19.9 Å². The van der Waals surface area contributed by atoms with Crippen LogP contribution in [-0.2, 0) is 5.75 Å². The quantitative estimate of drug-likeness (QED) is 0.679. The van der Waals surface area contributed by atoms with E-state index >= 15 is 0 Å². The summed E-state index contributed by atoms with van der Waals surface area (Å²) in [6, 6.07) is 9.72. The second kappa shape index (κ2) is 7.77. The van der Waals surface area contributed by atoms with Crippen molar-refractivity contribution in [1.29, 1.82) is 0 Å². The molecule has 2 aromatic heterocycles. The number of thiazole rings is 1. The predicted octanol–water partition coefficient (Wildman–Crippen LogP) is 2.81. The predicted molar refractivity (Wildman–Crippen MR) is 108 cm³/mol. The van der Waals surface area contributed by atoms with Crippen molar-refractivity contribution >= 4 is 39.3 Å². The van der Waals surface area contributed by atoms with Gasteiger partial charge < -0.3 is 9.80 Å². The first-order chi connectivity index (χ1) is 12.7. The van der Waals surface area contributed by atoms with Crippen molar-refractivity contribution in [3.05, 3.63) is 46.4 Å². The zero-order valence-corrected chi connectivity index (χ0v) is 16.3. The van der Waals surface area contributed by atoms with Gasteiger partial charge in [0.25, 0.3) is 5.56 Å². The number of nitrogens with zero attached hydrogens (tertiary/aromatic N) is 4. The average molecular weight is 388 g/mol. The molecule has 1 saturated heterocycles. The Balaban J connectivity index is 1.46. The first-order valence-electron chi connectivity index (χ1n) is 8.77. The van der Waals surface area contributed by atoms with Crippen molar-refractivity contribution in [2.75, 3.05) is 37.6 Å². The van der Waals surface area contributed by atoms with Gasteiger partial charge in [-0.2, -0.15) is 0 Å². The molecule has 8 heteroatoms. The van der Waals surface area contributed by atoms with Crippen LogP contribution in [0.3, 0.4) is 0 Å². The Morgan fingerprint density at radius 3 is 2.77 bits per heavy atom. The minimum absolute atomic E-state index is 0.0900. The molecule has 3 heterocycles. The Bertz CT molecular complexity index is 913. The number of fused-ring (bicyclic) bond motifs is 1. The molecule has 0 unspecified atom stereocenters. The van der Waals surface area contributed by atoms with Crippen LogP contribution in [-0.4, -0.2) is 52.6 Å². The third-order valence-corrected chi connectivity index (χ3v) is 6.73. The SMILES string of the molecule is CCN1CCN(c2nc(CSc3nc4ccccc4s3)cc(=O)[nH]2)CC1. The van der Waals surface area contributed by atoms with Crippen molar-refractivity contribution in [3.8, 4) is 0 Å². The van der Waals surface area contributed by atoms with E-state index < -0.39 is 0 Å². The normalized spacial score (nSPS) is 15.7. The second-order valence-corrected chi connectivity index (χ2v) is 8.47. The van der Waals surface area contributed by atoms with Crippen LogP contribution in [0.1, 0.15) is 12.6 Å². The van der Waals surface area contributed by atoms with Crippen LogP contribution in [0.25, 0.3) is 10.2 Å². The van der Waals surface area contributed by atoms with E-state index in [1.54, 1.807) is 29.2 Å². The molecule has 136 valence electrons. The zero-order valence-electron chi connectivity index (χ0n) is 14.6. The lowest BCUT2D eigenvalue weighted by Crippen LogP contribution is -2.47. The number of aromatic nitrogens is 3. The number of anilines is 1. The summed E-state index contributed by atoms with van der Waals surface area (Å²) in [6.45, 7) is 7.04. The largest absolute Gasteiger partial charge is 0.340 e. The molecule has 1 aromatic carbocycles. The number of H-pyrrole nitrogens is 1. The Morgan fingerprint density at radius 1 is 1.19 bits per heavy atom. The van der Waals surface area contributed by atoms with Gasteiger partial charge in [0.2, 0.25) is 5.95 Å². The summed E-state index contributed by atoms with van der Waals surface area (Å²) in [5, 5.41) is 0. The van der Waals surface area contributed by atoms with Gasteiger partial charge >= 0.3 is 0 Å². The standard InChI is InChI=1S/C18H21N5OS2/c1-2-22-7-9-23(10-8-22)17-19-13(11-16(24)21-17)12-25-18-20-14-5-3-4-6-15(14)26-18/h3-6,11H,2,7-10,12H2,1H3,(H,19,21,24). The van der Waals surface area contributed by atoms with Gasteiger partial charge in [0.05, 0.1) is 15.9 Å². The fourth-order valence-electron chi connectivity index (χ4n) is 3.04. The summed E-state index contributed by atoms with van der Waals surface area (Å²) in [4.78, 5) is 28.8. The highest BCUT2D eigenvalue weighted by Crippen LogP contribution is 2.31. The number of likely N-dealkylation sites (N-methyl/N-ethyl adjacent to an activating group) is 1. The molecule has 3 aromatic rings. The minimum Gasteiger partial charge on any atom is -0.340 e. The van der Waals surface area contributed by atoms with Crippen molar-refractivity contribution in [2.24, 2.45) is 0 Å². The van der Waals surface area contributed by atoms with Gasteiger partial charge in [-0.15, -0.1) is 11.3 Å². The summed E-state index contributed by atoms with van der Waals surface area (Å²) in [5.74, 6) is 1.33. The molecule has 0 radical (unpaired) electrons. The van der Waals surface area contributed by atoms with Gasteiger partial charge in [0.1, 0.15) is 0 Å². The maximum Gasteiger partial charge on any atom is 0.252 e. The van der Waals surface area contributed by atoms with Crippen molar-refractivity contribution in [3.63, 3.8) is 0 Å². The van der Waals surface area contributed by atoms with Crippen molar-refractivity contribution < 1.29 is 0 Å². The molecule has 0 aliphatic carbocycles. The van der Waals surface area contributed by atoms with E-state index in [0.717, 1.165) is 48.3 Å². The molecule has 1 aliphatic rings. The van der Waals surface area contributed by atoms with E-state index in [2.05, 4.69) is 37.7 Å². The third kappa shape index (κ3) is 3.92. The number of hydrogen-bond donors (Lipinski definition) is 1. The number of aromatic amines is 1. The molecule has 0 bridgehead atoms. The average Bonchev–Trinajstić information content (AvgIpc) is 3.09. The van der Waals surface area contributed by atoms with Gasteiger partial charge in [0.15, 0.2) is 4.34 Å². The summed E-state index contributed by atoms with van der Waals surface area (Å²) >= 11 is 3.31. The molecule has 26 heavy (non-hydrogen) atoms. The monoisotopic (exact) mass is 387 g/mol. The highest BCUT2D eigenvalue weighted by atomic mass is 32.2. The summed E-state index contributed by atoms with van der Waals surface area (Å²) in [7, 11) is 0. The van der Waals surface area contributed by atoms with Crippen LogP contribution in [0.4, 0.5) is 5.95 Å². The molecule has 1 fully saturated rings. The first kappa shape index (κ1) is 17.5. The van der Waals surface area contributed by atoms with E-state index in [0.29, 0.717) is 11.7 Å². The van der Waals surface area contributed by atoms with E-state index in [1.165, 1.54) is 4.70 Å². The molecule has 0 saturated carbocycles. The lowest BCUT2D eigenvalue weighted by Gasteiger charge is -2.34.